The van der Waals surface area contributed by atoms with Crippen LogP contribution >= 0.6 is 0 Å². The summed E-state index contributed by atoms with van der Waals surface area (Å²) in [6.07, 6.45) is 6.55. The minimum atomic E-state index is -0.334. The standard InChI is InChI=1S/C14H9N5O2/c20-13-12-11(21-14-10(17-13)4-2-6-16-14)8-19(18-12)9-3-1-5-15-7-9/h1-8H,(H,17,20). The van der Waals surface area contributed by atoms with E-state index in [9.17, 15) is 4.79 Å². The molecule has 1 aliphatic rings. The molecule has 0 aliphatic carbocycles. The maximum Gasteiger partial charge on any atom is 0.280 e. The van der Waals surface area contributed by atoms with Crippen molar-refractivity contribution < 1.29 is 9.53 Å². The fourth-order valence-corrected chi connectivity index (χ4v) is 2.06. The third kappa shape index (κ3) is 1.91. The van der Waals surface area contributed by atoms with E-state index in [4.69, 9.17) is 4.74 Å². The third-order valence-electron chi connectivity index (χ3n) is 3.03. The van der Waals surface area contributed by atoms with Gasteiger partial charge in [0.2, 0.25) is 5.88 Å². The molecule has 4 heterocycles. The molecule has 1 amide bonds. The average molecular weight is 279 g/mol. The van der Waals surface area contributed by atoms with Gasteiger partial charge in [-0.15, -0.1) is 0 Å². The molecule has 102 valence electrons. The van der Waals surface area contributed by atoms with Crippen molar-refractivity contribution in [2.45, 2.75) is 0 Å². The Labute approximate surface area is 119 Å². The summed E-state index contributed by atoms with van der Waals surface area (Å²) >= 11 is 0. The van der Waals surface area contributed by atoms with Crippen molar-refractivity contribution in [2.24, 2.45) is 0 Å². The molecule has 4 rings (SSSR count). The number of carbonyl (C=O) groups excluding carboxylic acids is 1. The highest BCUT2D eigenvalue weighted by atomic mass is 16.5. The van der Waals surface area contributed by atoms with Crippen LogP contribution in [0.1, 0.15) is 10.5 Å². The monoisotopic (exact) mass is 279 g/mol. The second-order valence-corrected chi connectivity index (χ2v) is 4.41. The lowest BCUT2D eigenvalue weighted by Gasteiger charge is -2.04. The first kappa shape index (κ1) is 11.6. The van der Waals surface area contributed by atoms with Crippen molar-refractivity contribution in [1.82, 2.24) is 19.7 Å². The van der Waals surface area contributed by atoms with Gasteiger partial charge in [-0.25, -0.2) is 9.67 Å². The van der Waals surface area contributed by atoms with Crippen molar-refractivity contribution in [3.63, 3.8) is 0 Å². The number of aromatic nitrogens is 4. The molecule has 7 heteroatoms. The molecule has 1 N–H and O–H groups in total. The zero-order valence-corrected chi connectivity index (χ0v) is 10.7. The molecule has 0 saturated heterocycles. The Kier molecular flexibility index (Phi) is 2.43. The molecule has 7 nitrogen and oxygen atoms in total. The molecule has 0 saturated carbocycles. The SMILES string of the molecule is O=C1Nc2cccnc2Oc2cn(-c3cccnc3)nc21. The van der Waals surface area contributed by atoms with Crippen LogP contribution in [-0.4, -0.2) is 25.7 Å². The van der Waals surface area contributed by atoms with Crippen molar-refractivity contribution in [2.75, 3.05) is 5.32 Å². The van der Waals surface area contributed by atoms with Crippen LogP contribution in [0.3, 0.4) is 0 Å². The smallest absolute Gasteiger partial charge is 0.280 e. The molecule has 0 radical (unpaired) electrons. The van der Waals surface area contributed by atoms with Gasteiger partial charge in [0, 0.05) is 12.4 Å². The summed E-state index contributed by atoms with van der Waals surface area (Å²) in [4.78, 5) is 20.3. The first-order valence-electron chi connectivity index (χ1n) is 6.25. The summed E-state index contributed by atoms with van der Waals surface area (Å²) in [5, 5.41) is 6.98. The number of amides is 1. The Morgan fingerprint density at radius 2 is 2.10 bits per heavy atom. The number of hydrogen-bond acceptors (Lipinski definition) is 5. The van der Waals surface area contributed by atoms with E-state index in [2.05, 4.69) is 20.4 Å². The Morgan fingerprint density at radius 1 is 1.19 bits per heavy atom. The minimum absolute atomic E-state index is 0.205. The highest BCUT2D eigenvalue weighted by Crippen LogP contribution is 2.33. The normalized spacial score (nSPS) is 12.7. The molecule has 0 atom stereocenters. The molecular formula is C14H9N5O2. The summed E-state index contributed by atoms with van der Waals surface area (Å²) < 4.78 is 7.22. The quantitative estimate of drug-likeness (QED) is 0.737. The molecule has 0 bridgehead atoms. The summed E-state index contributed by atoms with van der Waals surface area (Å²) in [6.45, 7) is 0. The molecule has 3 aromatic rings. The summed E-state index contributed by atoms with van der Waals surface area (Å²) in [5.41, 5.74) is 1.47. The Balaban J connectivity index is 1.82. The van der Waals surface area contributed by atoms with Crippen LogP contribution in [0.2, 0.25) is 0 Å². The molecule has 3 aromatic heterocycles. The van der Waals surface area contributed by atoms with Gasteiger partial charge in [-0.1, -0.05) is 0 Å². The molecule has 0 aromatic carbocycles. The van der Waals surface area contributed by atoms with E-state index < -0.39 is 0 Å². The van der Waals surface area contributed by atoms with Crippen LogP contribution in [0.5, 0.6) is 11.6 Å². The third-order valence-corrected chi connectivity index (χ3v) is 3.03. The first-order valence-corrected chi connectivity index (χ1v) is 6.25. The van der Waals surface area contributed by atoms with Crippen LogP contribution in [0.4, 0.5) is 5.69 Å². The number of rotatable bonds is 1. The fourth-order valence-electron chi connectivity index (χ4n) is 2.06. The maximum absolute atomic E-state index is 12.2. The summed E-state index contributed by atoms with van der Waals surface area (Å²) in [7, 11) is 0. The highest BCUT2D eigenvalue weighted by molar-refractivity contribution is 6.06. The first-order chi connectivity index (χ1) is 10.3. The van der Waals surface area contributed by atoms with Gasteiger partial charge in [-0.05, 0) is 24.3 Å². The van der Waals surface area contributed by atoms with E-state index in [0.29, 0.717) is 17.3 Å². The number of hydrogen-bond donors (Lipinski definition) is 1. The molecule has 0 spiro atoms. The Hall–Kier alpha value is -3.22. The van der Waals surface area contributed by atoms with Gasteiger partial charge in [0.15, 0.2) is 11.4 Å². The molecule has 0 unspecified atom stereocenters. The minimum Gasteiger partial charge on any atom is -0.433 e. The largest absolute Gasteiger partial charge is 0.433 e. The Bertz CT molecular complexity index is 828. The van der Waals surface area contributed by atoms with E-state index in [1.165, 1.54) is 0 Å². The zero-order valence-electron chi connectivity index (χ0n) is 10.7. The van der Waals surface area contributed by atoms with E-state index >= 15 is 0 Å². The van der Waals surface area contributed by atoms with Crippen molar-refractivity contribution in [1.29, 1.82) is 0 Å². The number of pyridine rings is 2. The van der Waals surface area contributed by atoms with Gasteiger partial charge in [0.05, 0.1) is 18.1 Å². The van der Waals surface area contributed by atoms with Crippen LogP contribution in [0.15, 0.2) is 49.1 Å². The second-order valence-electron chi connectivity index (χ2n) is 4.41. The topological polar surface area (TPSA) is 81.9 Å². The molecular weight excluding hydrogens is 270 g/mol. The highest BCUT2D eigenvalue weighted by Gasteiger charge is 2.25. The fraction of sp³-hybridized carbons (Fsp3) is 0. The maximum atomic E-state index is 12.2. The lowest BCUT2D eigenvalue weighted by atomic mass is 10.3. The molecule has 1 aliphatic heterocycles. The number of fused-ring (bicyclic) bond motifs is 2. The predicted molar refractivity (Wildman–Crippen MR) is 73.6 cm³/mol. The van der Waals surface area contributed by atoms with Gasteiger partial charge >= 0.3 is 0 Å². The van der Waals surface area contributed by atoms with E-state index in [0.717, 1.165) is 5.69 Å². The summed E-state index contributed by atoms with van der Waals surface area (Å²) in [6, 6.07) is 7.08. The van der Waals surface area contributed by atoms with E-state index in [1.54, 1.807) is 47.7 Å². The average Bonchev–Trinajstić information content (AvgIpc) is 2.89. The lowest BCUT2D eigenvalue weighted by Crippen LogP contribution is -2.12. The number of anilines is 1. The van der Waals surface area contributed by atoms with Crippen molar-refractivity contribution in [3.8, 4) is 17.3 Å². The molecule has 21 heavy (non-hydrogen) atoms. The zero-order chi connectivity index (χ0) is 14.2. The van der Waals surface area contributed by atoms with Gasteiger partial charge in [-0.3, -0.25) is 9.78 Å². The number of nitrogens with zero attached hydrogens (tertiary/aromatic N) is 4. The van der Waals surface area contributed by atoms with Crippen molar-refractivity contribution in [3.05, 3.63) is 54.7 Å². The van der Waals surface area contributed by atoms with Gasteiger partial charge < -0.3 is 10.1 Å². The van der Waals surface area contributed by atoms with Crippen LogP contribution in [0.25, 0.3) is 5.69 Å². The molecule has 0 fully saturated rings. The Morgan fingerprint density at radius 3 is 2.95 bits per heavy atom. The van der Waals surface area contributed by atoms with Crippen molar-refractivity contribution >= 4 is 11.6 Å². The van der Waals surface area contributed by atoms with E-state index in [1.807, 2.05) is 6.07 Å². The van der Waals surface area contributed by atoms with Gasteiger partial charge in [0.25, 0.3) is 5.91 Å². The van der Waals surface area contributed by atoms with E-state index in [-0.39, 0.29) is 11.6 Å². The van der Waals surface area contributed by atoms with Crippen LogP contribution in [-0.2, 0) is 0 Å². The van der Waals surface area contributed by atoms with Gasteiger partial charge in [-0.2, -0.15) is 5.10 Å². The number of ether oxygens (including phenoxy) is 1. The summed E-state index contributed by atoms with van der Waals surface area (Å²) in [5.74, 6) is 0.364. The number of nitrogens with one attached hydrogen (secondary N) is 1. The number of carbonyl (C=O) groups is 1. The predicted octanol–water partition coefficient (Wildman–Crippen LogP) is 2.02. The van der Waals surface area contributed by atoms with Crippen LogP contribution < -0.4 is 10.1 Å². The van der Waals surface area contributed by atoms with Crippen LogP contribution in [0, 0.1) is 0 Å². The van der Waals surface area contributed by atoms with Gasteiger partial charge in [0.1, 0.15) is 5.69 Å². The lowest BCUT2D eigenvalue weighted by molar-refractivity contribution is 0.102. The second kappa shape index (κ2) is 4.41.